The molecule has 0 atom stereocenters. The average molecular weight is 260 g/mol. The topological polar surface area (TPSA) is 75.7 Å². The maximum absolute atomic E-state index is 12.6. The predicted octanol–water partition coefficient (Wildman–Crippen LogP) is 0.935. The molecule has 2 rings (SSSR count). The molecule has 92 valence electrons. The Morgan fingerprint density at radius 1 is 1.29 bits per heavy atom. The van der Waals surface area contributed by atoms with Crippen LogP contribution in [0.5, 0.6) is 0 Å². The number of rotatable bonds is 3. The number of cyclic esters (lactones) is 1. The van der Waals surface area contributed by atoms with Gasteiger partial charge in [0.05, 0.1) is 12.2 Å². The van der Waals surface area contributed by atoms with Crippen molar-refractivity contribution in [1.29, 1.82) is 0 Å². The summed E-state index contributed by atoms with van der Waals surface area (Å²) >= 11 is 0. The Bertz CT molecular complexity index is 528. The molecule has 0 unspecified atom stereocenters. The van der Waals surface area contributed by atoms with Gasteiger partial charge in [-0.3, -0.25) is 4.72 Å². The number of hydrogen-bond donors (Lipinski definition) is 1. The lowest BCUT2D eigenvalue weighted by Gasteiger charge is -2.14. The summed E-state index contributed by atoms with van der Waals surface area (Å²) in [6, 6.07) is 4.74. The van der Waals surface area contributed by atoms with E-state index in [1.165, 1.54) is 12.1 Å². The van der Waals surface area contributed by atoms with Gasteiger partial charge in [0, 0.05) is 0 Å². The van der Waals surface area contributed by atoms with Crippen molar-refractivity contribution >= 4 is 22.0 Å². The van der Waals surface area contributed by atoms with E-state index in [1.807, 2.05) is 0 Å². The summed E-state index contributed by atoms with van der Waals surface area (Å²) in [5.74, 6) is -0.478. The van der Waals surface area contributed by atoms with Crippen LogP contribution in [0.25, 0.3) is 0 Å². The second kappa shape index (κ2) is 4.21. The summed E-state index contributed by atoms with van der Waals surface area (Å²) in [6.07, 6.45) is -0.917. The molecule has 1 fully saturated rings. The third kappa shape index (κ3) is 2.47. The molecular weight excluding hydrogens is 251 g/mol. The molecule has 6 nitrogen and oxygen atoms in total. The van der Waals surface area contributed by atoms with Crippen LogP contribution in [-0.4, -0.2) is 32.0 Å². The van der Waals surface area contributed by atoms with E-state index in [0.717, 1.165) is 12.1 Å². The first-order chi connectivity index (χ1) is 7.99. The molecule has 1 N–H and O–H groups in total. The van der Waals surface area contributed by atoms with Crippen molar-refractivity contribution < 1.29 is 22.3 Å². The highest BCUT2D eigenvalue weighted by atomic mass is 32.2. The zero-order valence-electron chi connectivity index (χ0n) is 8.59. The first kappa shape index (κ1) is 11.6. The van der Waals surface area contributed by atoms with Crippen molar-refractivity contribution in [2.75, 3.05) is 17.9 Å². The second-order valence-corrected chi connectivity index (χ2v) is 4.90. The zero-order chi connectivity index (χ0) is 12.5. The van der Waals surface area contributed by atoms with E-state index >= 15 is 0 Å². The number of ether oxygens (including phenoxy) is 1. The van der Waals surface area contributed by atoms with Crippen molar-refractivity contribution in [2.45, 2.75) is 0 Å². The van der Waals surface area contributed by atoms with Crippen LogP contribution in [0.1, 0.15) is 0 Å². The van der Waals surface area contributed by atoms with E-state index in [-0.39, 0.29) is 18.8 Å². The second-order valence-electron chi connectivity index (χ2n) is 3.30. The first-order valence-corrected chi connectivity index (χ1v) is 6.16. The molecule has 0 spiro atoms. The van der Waals surface area contributed by atoms with Gasteiger partial charge in [-0.1, -0.05) is 0 Å². The minimum Gasteiger partial charge on any atom is -0.447 e. The van der Waals surface area contributed by atoms with Crippen molar-refractivity contribution in [2.24, 2.45) is 0 Å². The highest BCUT2D eigenvalue weighted by Gasteiger charge is 2.33. The van der Waals surface area contributed by atoms with Gasteiger partial charge in [0.2, 0.25) is 0 Å². The Kier molecular flexibility index (Phi) is 2.88. The highest BCUT2D eigenvalue weighted by Crippen LogP contribution is 2.15. The SMILES string of the molecule is O=C1OCCN1S(=O)(=O)Nc1ccc(F)cc1. The third-order valence-corrected chi connectivity index (χ3v) is 3.51. The molecule has 8 heteroatoms. The Morgan fingerprint density at radius 2 is 1.94 bits per heavy atom. The molecule has 1 heterocycles. The standard InChI is InChI=1S/C9H9FN2O4S/c10-7-1-3-8(4-2-7)11-17(14,15)12-5-6-16-9(12)13/h1-4,11H,5-6H2. The summed E-state index contributed by atoms with van der Waals surface area (Å²) in [4.78, 5) is 11.1. The summed E-state index contributed by atoms with van der Waals surface area (Å²) in [7, 11) is -3.99. The normalized spacial score (nSPS) is 15.8. The van der Waals surface area contributed by atoms with E-state index in [0.29, 0.717) is 4.31 Å². The van der Waals surface area contributed by atoms with Gasteiger partial charge in [0.1, 0.15) is 12.4 Å². The molecule has 1 aromatic carbocycles. The fraction of sp³-hybridized carbons (Fsp3) is 0.222. The molecule has 0 radical (unpaired) electrons. The Morgan fingerprint density at radius 3 is 2.47 bits per heavy atom. The van der Waals surface area contributed by atoms with Gasteiger partial charge < -0.3 is 4.74 Å². The number of halogens is 1. The van der Waals surface area contributed by atoms with Gasteiger partial charge in [-0.25, -0.2) is 9.18 Å². The number of nitrogens with one attached hydrogen (secondary N) is 1. The zero-order valence-corrected chi connectivity index (χ0v) is 9.41. The molecule has 1 amide bonds. The summed E-state index contributed by atoms with van der Waals surface area (Å²) in [5.41, 5.74) is 0.172. The van der Waals surface area contributed by atoms with Gasteiger partial charge in [-0.2, -0.15) is 12.7 Å². The highest BCUT2D eigenvalue weighted by molar-refractivity contribution is 7.90. The molecular formula is C9H9FN2O4S. The fourth-order valence-electron chi connectivity index (χ4n) is 1.32. The monoisotopic (exact) mass is 260 g/mol. The molecule has 1 aliphatic rings. The number of benzene rings is 1. The van der Waals surface area contributed by atoms with Gasteiger partial charge >= 0.3 is 16.3 Å². The summed E-state index contributed by atoms with van der Waals surface area (Å²) in [5, 5.41) is 0. The molecule has 0 bridgehead atoms. The van der Waals surface area contributed by atoms with E-state index in [2.05, 4.69) is 9.46 Å². The maximum Gasteiger partial charge on any atom is 0.425 e. The fourth-order valence-corrected chi connectivity index (χ4v) is 2.43. The van der Waals surface area contributed by atoms with E-state index in [9.17, 15) is 17.6 Å². The number of anilines is 1. The van der Waals surface area contributed by atoms with Crippen molar-refractivity contribution in [3.05, 3.63) is 30.1 Å². The number of amides is 1. The lowest BCUT2D eigenvalue weighted by molar-refractivity contribution is 0.170. The number of carbonyl (C=O) groups is 1. The summed E-state index contributed by atoms with van der Waals surface area (Å²) in [6.45, 7) is -0.00147. The Balaban J connectivity index is 2.17. The van der Waals surface area contributed by atoms with Crippen LogP contribution >= 0.6 is 0 Å². The quantitative estimate of drug-likeness (QED) is 0.877. The average Bonchev–Trinajstić information content (AvgIpc) is 2.68. The summed E-state index contributed by atoms with van der Waals surface area (Å²) < 4.78 is 43.3. The first-order valence-electron chi connectivity index (χ1n) is 4.72. The molecule has 1 aromatic rings. The van der Waals surface area contributed by atoms with Crippen LogP contribution in [-0.2, 0) is 14.9 Å². The minimum atomic E-state index is -3.99. The number of carbonyl (C=O) groups excluding carboxylic acids is 1. The van der Waals surface area contributed by atoms with Crippen LogP contribution in [0, 0.1) is 5.82 Å². The van der Waals surface area contributed by atoms with Crippen LogP contribution < -0.4 is 4.72 Å². The molecule has 1 saturated heterocycles. The largest absolute Gasteiger partial charge is 0.447 e. The van der Waals surface area contributed by atoms with Crippen molar-refractivity contribution in [3.63, 3.8) is 0 Å². The van der Waals surface area contributed by atoms with Crippen LogP contribution in [0.15, 0.2) is 24.3 Å². The van der Waals surface area contributed by atoms with Crippen LogP contribution in [0.3, 0.4) is 0 Å². The Hall–Kier alpha value is -1.83. The van der Waals surface area contributed by atoms with Gasteiger partial charge in [0.25, 0.3) is 0 Å². The smallest absolute Gasteiger partial charge is 0.425 e. The van der Waals surface area contributed by atoms with Crippen LogP contribution in [0.4, 0.5) is 14.9 Å². The van der Waals surface area contributed by atoms with Crippen molar-refractivity contribution in [1.82, 2.24) is 4.31 Å². The van der Waals surface area contributed by atoms with Gasteiger partial charge in [0.15, 0.2) is 0 Å². The molecule has 0 aromatic heterocycles. The number of hydrogen-bond acceptors (Lipinski definition) is 4. The lowest BCUT2D eigenvalue weighted by atomic mass is 10.3. The maximum atomic E-state index is 12.6. The van der Waals surface area contributed by atoms with Gasteiger partial charge in [-0.05, 0) is 24.3 Å². The predicted molar refractivity (Wildman–Crippen MR) is 57.0 cm³/mol. The molecule has 1 aliphatic heterocycles. The van der Waals surface area contributed by atoms with Crippen LogP contribution in [0.2, 0.25) is 0 Å². The number of nitrogens with zero attached hydrogens (tertiary/aromatic N) is 1. The van der Waals surface area contributed by atoms with E-state index < -0.39 is 22.1 Å². The van der Waals surface area contributed by atoms with Crippen molar-refractivity contribution in [3.8, 4) is 0 Å². The van der Waals surface area contributed by atoms with Gasteiger partial charge in [-0.15, -0.1) is 0 Å². The molecule has 17 heavy (non-hydrogen) atoms. The lowest BCUT2D eigenvalue weighted by Crippen LogP contribution is -2.36. The molecule has 0 saturated carbocycles. The Labute approximate surface area is 97.2 Å². The van der Waals surface area contributed by atoms with E-state index in [1.54, 1.807) is 0 Å². The minimum absolute atomic E-state index is 0.0309. The third-order valence-electron chi connectivity index (χ3n) is 2.10. The van der Waals surface area contributed by atoms with E-state index in [4.69, 9.17) is 0 Å². The molecule has 0 aliphatic carbocycles.